The van der Waals surface area contributed by atoms with Crippen LogP contribution in [-0.2, 0) is 9.59 Å². The topological polar surface area (TPSA) is 115 Å². The molecule has 0 rings (SSSR count). The Labute approximate surface area is 228 Å². The second kappa shape index (κ2) is 34.9. The van der Waals surface area contributed by atoms with Gasteiger partial charge < -0.3 is 20.4 Å². The summed E-state index contributed by atoms with van der Waals surface area (Å²) in [6.07, 6.45) is 30.7. The zero-order valence-electron chi connectivity index (χ0n) is 24.1. The van der Waals surface area contributed by atoms with Gasteiger partial charge >= 0.3 is 11.9 Å². The number of carboxylic acid groups (broad SMARTS) is 2. The van der Waals surface area contributed by atoms with Gasteiger partial charge in [0.2, 0.25) is 0 Å². The van der Waals surface area contributed by atoms with Crippen molar-refractivity contribution in [1.29, 1.82) is 0 Å². The fraction of sp³-hybridized carbons (Fsp3) is 0.935. The number of aliphatic hydroxyl groups excluding tert-OH is 2. The maximum atomic E-state index is 10.3. The van der Waals surface area contributed by atoms with Gasteiger partial charge in [0.25, 0.3) is 0 Å². The highest BCUT2D eigenvalue weighted by Gasteiger charge is 1.98. The van der Waals surface area contributed by atoms with Crippen LogP contribution in [0.15, 0.2) is 0 Å². The summed E-state index contributed by atoms with van der Waals surface area (Å²) in [7, 11) is 0. The molecule has 4 N–H and O–H groups in total. The van der Waals surface area contributed by atoms with Crippen molar-refractivity contribution in [2.24, 2.45) is 0 Å². The van der Waals surface area contributed by atoms with Gasteiger partial charge in [0.15, 0.2) is 0 Å². The first-order chi connectivity index (χ1) is 18.0. The molecule has 222 valence electrons. The lowest BCUT2D eigenvalue weighted by Gasteiger charge is -2.02. The highest BCUT2D eigenvalue weighted by atomic mass is 16.4. The highest BCUT2D eigenvalue weighted by Crippen LogP contribution is 2.14. The molecule has 0 unspecified atom stereocenters. The van der Waals surface area contributed by atoms with Gasteiger partial charge in [0.1, 0.15) is 0 Å². The molecule has 0 heterocycles. The van der Waals surface area contributed by atoms with Crippen molar-refractivity contribution in [3.05, 3.63) is 0 Å². The van der Waals surface area contributed by atoms with Crippen LogP contribution >= 0.6 is 0 Å². The van der Waals surface area contributed by atoms with Gasteiger partial charge in [-0.15, -0.1) is 0 Å². The lowest BCUT2D eigenvalue weighted by atomic mass is 10.0. The van der Waals surface area contributed by atoms with Crippen molar-refractivity contribution in [3.8, 4) is 0 Å². The number of aliphatic hydroxyl groups is 2. The van der Waals surface area contributed by atoms with E-state index in [2.05, 4.69) is 0 Å². The summed E-state index contributed by atoms with van der Waals surface area (Å²) in [6.45, 7) is 0.675. The largest absolute Gasteiger partial charge is 0.481 e. The monoisotopic (exact) mass is 530 g/mol. The lowest BCUT2D eigenvalue weighted by Crippen LogP contribution is -1.93. The van der Waals surface area contributed by atoms with Crippen LogP contribution < -0.4 is 0 Å². The average molecular weight is 531 g/mol. The van der Waals surface area contributed by atoms with Crippen LogP contribution in [0.4, 0.5) is 0 Å². The molecule has 0 spiro atoms. The summed E-state index contributed by atoms with van der Waals surface area (Å²) in [4.78, 5) is 20.6. The van der Waals surface area contributed by atoms with Crippen LogP contribution in [0.2, 0.25) is 0 Å². The Morgan fingerprint density at radius 2 is 0.459 bits per heavy atom. The minimum atomic E-state index is -0.670. The molecular formula is C31H62O6. The van der Waals surface area contributed by atoms with E-state index in [1.165, 1.54) is 122 Å². The number of hydrogen-bond donors (Lipinski definition) is 4. The van der Waals surface area contributed by atoms with Crippen LogP contribution in [0.25, 0.3) is 0 Å². The lowest BCUT2D eigenvalue weighted by molar-refractivity contribution is -0.138. The van der Waals surface area contributed by atoms with Gasteiger partial charge in [-0.05, 0) is 25.7 Å². The second-order valence-corrected chi connectivity index (χ2v) is 10.6. The Morgan fingerprint density at radius 3 is 0.622 bits per heavy atom. The second-order valence-electron chi connectivity index (χ2n) is 10.6. The number of carboxylic acids is 2. The fourth-order valence-electron chi connectivity index (χ4n) is 4.49. The first kappa shape index (κ1) is 38.0. The van der Waals surface area contributed by atoms with E-state index >= 15 is 0 Å². The number of carbonyl (C=O) groups is 2. The molecule has 0 aromatic rings. The van der Waals surface area contributed by atoms with Crippen LogP contribution in [0.3, 0.4) is 0 Å². The Morgan fingerprint density at radius 1 is 0.297 bits per heavy atom. The van der Waals surface area contributed by atoms with Crippen molar-refractivity contribution >= 4 is 11.9 Å². The number of unbranched alkanes of at least 4 members (excludes halogenated alkanes) is 23. The van der Waals surface area contributed by atoms with Gasteiger partial charge in [-0.1, -0.05) is 135 Å². The van der Waals surface area contributed by atoms with E-state index in [4.69, 9.17) is 20.4 Å². The standard InChI is InChI=1S/C16H32O3.C15H30O3/c17-15-13-11-9-7-5-3-1-2-4-6-8-10-12-14-16(18)19;16-14-12-10-8-6-4-2-1-3-5-7-9-11-13-15(17)18/h17H,1-15H2,(H,18,19);16H,1-14H2,(H,17,18). The predicted molar refractivity (Wildman–Crippen MR) is 154 cm³/mol. The van der Waals surface area contributed by atoms with Crippen LogP contribution in [0.1, 0.15) is 173 Å². The Kier molecular flexibility index (Phi) is 35.8. The van der Waals surface area contributed by atoms with E-state index in [0.29, 0.717) is 26.1 Å². The number of aliphatic carboxylic acids is 2. The molecule has 6 heteroatoms. The molecule has 0 atom stereocenters. The van der Waals surface area contributed by atoms with Gasteiger partial charge in [-0.3, -0.25) is 9.59 Å². The zero-order valence-corrected chi connectivity index (χ0v) is 24.1. The SMILES string of the molecule is O=C(O)CCCCCCCCCCCCCCCO.O=C(O)CCCCCCCCCCCCCCO. The van der Waals surface area contributed by atoms with Gasteiger partial charge in [-0.2, -0.15) is 0 Å². The third-order valence-electron chi connectivity index (χ3n) is 6.85. The van der Waals surface area contributed by atoms with E-state index in [9.17, 15) is 9.59 Å². The summed E-state index contributed by atoms with van der Waals surface area (Å²) < 4.78 is 0. The van der Waals surface area contributed by atoms with Gasteiger partial charge in [-0.25, -0.2) is 0 Å². The predicted octanol–water partition coefficient (Wildman–Crippen LogP) is 8.66. The van der Waals surface area contributed by atoms with Crippen molar-refractivity contribution < 1.29 is 30.0 Å². The maximum Gasteiger partial charge on any atom is 0.303 e. The van der Waals surface area contributed by atoms with E-state index < -0.39 is 11.9 Å². The summed E-state index contributed by atoms with van der Waals surface area (Å²) in [6, 6.07) is 0. The van der Waals surface area contributed by atoms with Gasteiger partial charge in [0.05, 0.1) is 0 Å². The molecule has 0 aromatic heterocycles. The summed E-state index contributed by atoms with van der Waals surface area (Å²) in [5.41, 5.74) is 0. The summed E-state index contributed by atoms with van der Waals surface area (Å²) in [5, 5.41) is 34.2. The third-order valence-corrected chi connectivity index (χ3v) is 6.85. The molecule has 37 heavy (non-hydrogen) atoms. The summed E-state index contributed by atoms with van der Waals surface area (Å²) in [5.74, 6) is -1.34. The van der Waals surface area contributed by atoms with E-state index in [1.54, 1.807) is 0 Å². The van der Waals surface area contributed by atoms with Gasteiger partial charge in [0, 0.05) is 26.1 Å². The highest BCUT2D eigenvalue weighted by molar-refractivity contribution is 5.66. The molecule has 0 fully saturated rings. The van der Waals surface area contributed by atoms with E-state index in [0.717, 1.165) is 38.5 Å². The van der Waals surface area contributed by atoms with Crippen molar-refractivity contribution in [3.63, 3.8) is 0 Å². The smallest absolute Gasteiger partial charge is 0.303 e. The number of rotatable bonds is 29. The molecule has 0 aliphatic heterocycles. The molecule has 0 aliphatic carbocycles. The summed E-state index contributed by atoms with van der Waals surface area (Å²) >= 11 is 0. The normalized spacial score (nSPS) is 10.8. The van der Waals surface area contributed by atoms with Crippen LogP contribution in [0, 0.1) is 0 Å². The van der Waals surface area contributed by atoms with Crippen LogP contribution in [0.5, 0.6) is 0 Å². The first-order valence-corrected chi connectivity index (χ1v) is 15.7. The minimum absolute atomic E-state index is 0.327. The van der Waals surface area contributed by atoms with Crippen molar-refractivity contribution in [2.75, 3.05) is 13.2 Å². The Hall–Kier alpha value is -1.14. The molecule has 0 aliphatic rings. The molecule has 0 saturated heterocycles. The maximum absolute atomic E-state index is 10.3. The minimum Gasteiger partial charge on any atom is -0.481 e. The van der Waals surface area contributed by atoms with E-state index in [-0.39, 0.29) is 0 Å². The quantitative estimate of drug-likeness (QED) is 0.0719. The molecule has 0 amide bonds. The molecule has 6 nitrogen and oxygen atoms in total. The van der Waals surface area contributed by atoms with Crippen molar-refractivity contribution in [1.82, 2.24) is 0 Å². The van der Waals surface area contributed by atoms with Crippen molar-refractivity contribution in [2.45, 2.75) is 173 Å². The molecular weight excluding hydrogens is 468 g/mol. The third kappa shape index (κ3) is 42.2. The zero-order chi connectivity index (χ0) is 27.7. The molecule has 0 bridgehead atoms. The first-order valence-electron chi connectivity index (χ1n) is 15.7. The van der Waals surface area contributed by atoms with Crippen LogP contribution in [-0.4, -0.2) is 45.6 Å². The molecule has 0 radical (unpaired) electrons. The number of hydrogen-bond acceptors (Lipinski definition) is 4. The average Bonchev–Trinajstić information content (AvgIpc) is 2.87. The Balaban J connectivity index is 0. The fourth-order valence-corrected chi connectivity index (χ4v) is 4.49. The molecule has 0 saturated carbocycles. The van der Waals surface area contributed by atoms with E-state index in [1.807, 2.05) is 0 Å². The molecule has 0 aromatic carbocycles. The Bertz CT molecular complexity index is 455.